The van der Waals surface area contributed by atoms with Crippen LogP contribution in [0.15, 0.2) is 52.0 Å². The summed E-state index contributed by atoms with van der Waals surface area (Å²) in [5.74, 6) is -3.56. The van der Waals surface area contributed by atoms with Crippen molar-refractivity contribution in [2.45, 2.75) is 57.1 Å². The van der Waals surface area contributed by atoms with Gasteiger partial charge in [0.1, 0.15) is 18.3 Å². The number of rotatable bonds is 14. The molecule has 0 aromatic heterocycles. The van der Waals surface area contributed by atoms with Gasteiger partial charge >= 0.3 is 11.9 Å². The van der Waals surface area contributed by atoms with Crippen molar-refractivity contribution >= 4 is 45.5 Å². The molecule has 1 spiro atoms. The zero-order valence-electron chi connectivity index (χ0n) is 28.6. The molecule has 272 valence electrons. The average Bonchev–Trinajstić information content (AvgIpc) is 3.84. The Kier molecular flexibility index (Phi) is 11.1. The van der Waals surface area contributed by atoms with Crippen LogP contribution in [0.3, 0.4) is 0 Å². The number of hydrogen-bond donors (Lipinski definition) is 5. The lowest BCUT2D eigenvalue weighted by molar-refractivity contribution is -0.144. The molecule has 3 atom stereocenters. The minimum Gasteiger partial charge on any atom is -0.465 e. The number of ether oxygens (including phenoxy) is 2. The fraction of sp³-hybridized carbons (Fsp3) is 0.515. The number of amides is 3. The van der Waals surface area contributed by atoms with Crippen LogP contribution in [-0.4, -0.2) is 111 Å². The number of hydrogen-bond acceptors (Lipinski definition) is 12. The van der Waals surface area contributed by atoms with E-state index < -0.39 is 68.0 Å². The van der Waals surface area contributed by atoms with E-state index >= 15 is 0 Å². The Morgan fingerprint density at radius 2 is 1.58 bits per heavy atom. The second-order valence-electron chi connectivity index (χ2n) is 13.1. The van der Waals surface area contributed by atoms with Crippen LogP contribution in [-0.2, 0) is 43.5 Å². The van der Waals surface area contributed by atoms with Crippen molar-refractivity contribution in [3.63, 3.8) is 0 Å². The van der Waals surface area contributed by atoms with E-state index in [1.807, 2.05) is 6.92 Å². The third-order valence-electron chi connectivity index (χ3n) is 9.55. The summed E-state index contributed by atoms with van der Waals surface area (Å²) in [4.78, 5) is 73.5. The van der Waals surface area contributed by atoms with E-state index in [0.29, 0.717) is 18.4 Å². The zero-order chi connectivity index (χ0) is 37.2. The molecule has 0 heterocycles. The molecule has 3 aliphatic carbocycles. The monoisotopic (exact) mass is 717 g/mol. The van der Waals surface area contributed by atoms with Gasteiger partial charge in [-0.05, 0) is 57.9 Å². The number of nitrogens with one attached hydrogen (secondary N) is 3. The summed E-state index contributed by atoms with van der Waals surface area (Å²) >= 11 is 0. The van der Waals surface area contributed by atoms with Crippen LogP contribution >= 0.6 is 0 Å². The number of fused-ring (bicyclic) bond motifs is 1. The third kappa shape index (κ3) is 7.50. The first-order valence-corrected chi connectivity index (χ1v) is 17.4. The predicted molar refractivity (Wildman–Crippen MR) is 176 cm³/mol. The molecule has 1 saturated carbocycles. The van der Waals surface area contributed by atoms with E-state index in [2.05, 4.69) is 16.0 Å². The largest absolute Gasteiger partial charge is 0.465 e. The summed E-state index contributed by atoms with van der Waals surface area (Å²) in [6, 6.07) is 5.05. The molecule has 16 nitrogen and oxygen atoms in total. The topological polar surface area (TPSA) is 241 Å². The number of sulfonamides is 1. The van der Waals surface area contributed by atoms with Crippen LogP contribution in [0.5, 0.6) is 0 Å². The van der Waals surface area contributed by atoms with Gasteiger partial charge in [0.15, 0.2) is 5.78 Å². The van der Waals surface area contributed by atoms with Crippen molar-refractivity contribution < 1.29 is 51.8 Å². The van der Waals surface area contributed by atoms with E-state index in [1.54, 1.807) is 13.0 Å². The fourth-order valence-electron chi connectivity index (χ4n) is 6.34. The van der Waals surface area contributed by atoms with Gasteiger partial charge in [-0.1, -0.05) is 11.6 Å². The second kappa shape index (κ2) is 14.4. The maximum atomic E-state index is 13.5. The smallest absolute Gasteiger partial charge is 0.338 e. The Bertz CT molecular complexity index is 1760. The summed E-state index contributed by atoms with van der Waals surface area (Å²) in [6.45, 7) is 4.83. The summed E-state index contributed by atoms with van der Waals surface area (Å²) in [5.41, 5.74) is 3.04. The van der Waals surface area contributed by atoms with Gasteiger partial charge in [0.05, 0.1) is 35.5 Å². The SMILES string of the molecule is CC(=O)OCC1(C)C=C2C(=O)C(C)(O)C3(CC3)C(C)=C2C1OC(=O)c1ccc(S(=O)(=O)N(C)CCNC(=O)CNC(=O)CNC(=O)CN)cc1. The van der Waals surface area contributed by atoms with Gasteiger partial charge in [-0.15, -0.1) is 0 Å². The molecule has 0 bridgehead atoms. The van der Waals surface area contributed by atoms with E-state index in [-0.39, 0.29) is 55.4 Å². The van der Waals surface area contributed by atoms with Crippen molar-refractivity contribution in [1.82, 2.24) is 20.3 Å². The Morgan fingerprint density at radius 1 is 1.00 bits per heavy atom. The molecular weight excluding hydrogens is 674 g/mol. The van der Waals surface area contributed by atoms with Crippen LogP contribution < -0.4 is 21.7 Å². The number of nitrogens with two attached hydrogens (primary N) is 1. The van der Waals surface area contributed by atoms with E-state index in [1.165, 1.54) is 45.2 Å². The minimum atomic E-state index is -4.04. The highest BCUT2D eigenvalue weighted by molar-refractivity contribution is 7.89. The van der Waals surface area contributed by atoms with Crippen LogP contribution in [0.25, 0.3) is 0 Å². The lowest BCUT2D eigenvalue weighted by atomic mass is 9.67. The van der Waals surface area contributed by atoms with Crippen molar-refractivity contribution in [1.29, 1.82) is 0 Å². The molecule has 17 heteroatoms. The molecule has 6 N–H and O–H groups in total. The molecular formula is C33H43N5O11S. The summed E-state index contributed by atoms with van der Waals surface area (Å²) in [5, 5.41) is 18.3. The minimum absolute atomic E-state index is 0.0281. The number of esters is 2. The third-order valence-corrected chi connectivity index (χ3v) is 11.4. The lowest BCUT2D eigenvalue weighted by Crippen LogP contribution is -2.50. The van der Waals surface area contributed by atoms with Crippen LogP contribution in [0.4, 0.5) is 0 Å². The molecule has 50 heavy (non-hydrogen) atoms. The van der Waals surface area contributed by atoms with Gasteiger partial charge < -0.3 is 36.3 Å². The Morgan fingerprint density at radius 3 is 2.14 bits per heavy atom. The number of carbonyl (C=O) groups excluding carboxylic acids is 6. The first-order chi connectivity index (χ1) is 23.3. The maximum Gasteiger partial charge on any atom is 0.338 e. The zero-order valence-corrected chi connectivity index (χ0v) is 29.4. The summed E-state index contributed by atoms with van der Waals surface area (Å²) in [6.07, 6.45) is 1.73. The van der Waals surface area contributed by atoms with Crippen LogP contribution in [0.1, 0.15) is 50.9 Å². The van der Waals surface area contributed by atoms with E-state index in [0.717, 1.165) is 9.88 Å². The summed E-state index contributed by atoms with van der Waals surface area (Å²) in [7, 11) is -2.73. The Balaban J connectivity index is 1.41. The number of carbonyl (C=O) groups is 6. The molecule has 1 aromatic rings. The molecule has 1 aromatic carbocycles. The van der Waals surface area contributed by atoms with Gasteiger partial charge in [-0.3, -0.25) is 24.0 Å². The Labute approximate surface area is 289 Å². The average molecular weight is 718 g/mol. The van der Waals surface area contributed by atoms with E-state index in [9.17, 15) is 42.3 Å². The van der Waals surface area contributed by atoms with Crippen molar-refractivity contribution in [2.75, 3.05) is 46.4 Å². The van der Waals surface area contributed by atoms with Gasteiger partial charge in [0, 0.05) is 43.6 Å². The normalized spacial score (nSPS) is 23.6. The molecule has 0 radical (unpaired) electrons. The molecule has 0 saturated heterocycles. The van der Waals surface area contributed by atoms with Crippen molar-refractivity contribution in [3.05, 3.63) is 52.6 Å². The molecule has 4 rings (SSSR count). The highest BCUT2D eigenvalue weighted by atomic mass is 32.2. The van der Waals surface area contributed by atoms with Crippen LogP contribution in [0, 0.1) is 10.8 Å². The molecule has 0 aliphatic heterocycles. The highest BCUT2D eigenvalue weighted by Gasteiger charge is 2.67. The quantitative estimate of drug-likeness (QED) is 0.147. The summed E-state index contributed by atoms with van der Waals surface area (Å²) < 4.78 is 38.7. The molecule has 3 aliphatic rings. The number of ketones is 1. The van der Waals surface area contributed by atoms with Gasteiger partial charge in [-0.25, -0.2) is 13.2 Å². The first kappa shape index (κ1) is 38.4. The highest BCUT2D eigenvalue weighted by Crippen LogP contribution is 2.65. The first-order valence-electron chi connectivity index (χ1n) is 15.9. The second-order valence-corrected chi connectivity index (χ2v) is 15.2. The number of aliphatic hydroxyl groups is 1. The maximum absolute atomic E-state index is 13.5. The van der Waals surface area contributed by atoms with Crippen molar-refractivity contribution in [3.8, 4) is 0 Å². The fourth-order valence-corrected chi connectivity index (χ4v) is 7.52. The number of benzene rings is 1. The lowest BCUT2D eigenvalue weighted by Gasteiger charge is -2.40. The molecule has 3 amide bonds. The van der Waals surface area contributed by atoms with Gasteiger partial charge in [0.2, 0.25) is 27.7 Å². The number of nitrogens with zero attached hydrogens (tertiary/aromatic N) is 1. The number of likely N-dealkylation sites (N-methyl/N-ethyl adjacent to an activating group) is 1. The van der Waals surface area contributed by atoms with Gasteiger partial charge in [-0.2, -0.15) is 4.31 Å². The molecule has 3 unspecified atom stereocenters. The number of Topliss-reactive ketones (excluding diaryl/α,β-unsaturated/α-hetero) is 1. The van der Waals surface area contributed by atoms with E-state index in [4.69, 9.17) is 15.2 Å². The predicted octanol–water partition coefficient (Wildman–Crippen LogP) is -0.920. The standard InChI is InChI=1S/C33H43N5O11S/c1-19-27-23(28(43)32(4,45)33(19)10-11-33)14-31(3,18-48-20(2)39)29(27)49-30(44)21-6-8-22(9-7-21)50(46,47)38(5)13-12-35-25(41)16-37-26(42)17-36-24(40)15-34/h6-9,14,29,45H,10-13,15-18,34H2,1-5H3,(H,35,41)(H,36,40)(H,37,42). The van der Waals surface area contributed by atoms with Crippen molar-refractivity contribution in [2.24, 2.45) is 16.6 Å². The Hall–Kier alpha value is -4.45. The molecule has 1 fully saturated rings. The van der Waals surface area contributed by atoms with Crippen LogP contribution in [0.2, 0.25) is 0 Å². The van der Waals surface area contributed by atoms with Gasteiger partial charge in [0.25, 0.3) is 0 Å².